The molecule has 1 aliphatic rings. The predicted octanol–water partition coefficient (Wildman–Crippen LogP) is 2.81. The second kappa shape index (κ2) is 7.60. The highest BCUT2D eigenvalue weighted by Crippen LogP contribution is 2.29. The number of hydrogen-bond acceptors (Lipinski definition) is 3. The average Bonchev–Trinajstić information content (AvgIpc) is 2.62. The van der Waals surface area contributed by atoms with Gasteiger partial charge in [0.05, 0.1) is 17.5 Å². The number of carbonyl (C=O) groups excluding carboxylic acids is 1. The summed E-state index contributed by atoms with van der Waals surface area (Å²) in [6.07, 6.45) is 2.90. The van der Waals surface area contributed by atoms with Gasteiger partial charge in [-0.1, -0.05) is 42.0 Å². The topological polar surface area (TPSA) is 66.5 Å². The third kappa shape index (κ3) is 3.97. The van der Waals surface area contributed by atoms with Crippen LogP contribution >= 0.6 is 0 Å². The van der Waals surface area contributed by atoms with Crippen LogP contribution in [0.3, 0.4) is 0 Å². The zero-order valence-corrected chi connectivity index (χ0v) is 15.9. The lowest BCUT2D eigenvalue weighted by Crippen LogP contribution is -2.40. The van der Waals surface area contributed by atoms with E-state index in [-0.39, 0.29) is 23.4 Å². The van der Waals surface area contributed by atoms with Crippen LogP contribution in [0.5, 0.6) is 0 Å². The van der Waals surface area contributed by atoms with Crippen LogP contribution in [0.2, 0.25) is 0 Å². The molecule has 0 bridgehead atoms. The van der Waals surface area contributed by atoms with Crippen LogP contribution in [-0.2, 0) is 21.2 Å². The standard InChI is InChI=1S/C20H24N2O3S/c1-15-10-12-17(13-11-15)26(24,25)22(2)14-20(23)21-19-9-5-7-16-6-3-4-8-18(16)19/h3-4,6,8,10-13,19H,5,7,9,14H2,1-2H3,(H,21,23)/t19-/m1/s1. The number of fused-ring (bicyclic) bond motifs is 1. The second-order valence-electron chi connectivity index (χ2n) is 6.79. The largest absolute Gasteiger partial charge is 0.348 e. The lowest BCUT2D eigenvalue weighted by atomic mass is 9.88. The molecular formula is C20H24N2O3S. The zero-order chi connectivity index (χ0) is 18.7. The number of sulfonamides is 1. The van der Waals surface area contributed by atoms with Crippen molar-refractivity contribution >= 4 is 15.9 Å². The summed E-state index contributed by atoms with van der Waals surface area (Å²) in [7, 11) is -2.25. The zero-order valence-electron chi connectivity index (χ0n) is 15.1. The van der Waals surface area contributed by atoms with Gasteiger partial charge in [-0.25, -0.2) is 8.42 Å². The second-order valence-corrected chi connectivity index (χ2v) is 8.83. The van der Waals surface area contributed by atoms with Crippen LogP contribution < -0.4 is 5.32 Å². The van der Waals surface area contributed by atoms with Gasteiger partial charge in [-0.15, -0.1) is 0 Å². The minimum absolute atomic E-state index is 0.0528. The molecule has 0 aliphatic heterocycles. The van der Waals surface area contributed by atoms with E-state index in [0.29, 0.717) is 0 Å². The summed E-state index contributed by atoms with van der Waals surface area (Å²) in [6.45, 7) is 1.70. The van der Waals surface area contributed by atoms with E-state index in [1.807, 2.05) is 25.1 Å². The van der Waals surface area contributed by atoms with E-state index in [1.54, 1.807) is 24.3 Å². The predicted molar refractivity (Wildman–Crippen MR) is 101 cm³/mol. The molecule has 1 atom stereocenters. The molecule has 5 nitrogen and oxygen atoms in total. The molecule has 2 aromatic rings. The van der Waals surface area contributed by atoms with E-state index in [0.717, 1.165) is 34.7 Å². The first-order valence-electron chi connectivity index (χ1n) is 8.78. The molecule has 0 spiro atoms. The Morgan fingerprint density at radius 3 is 2.58 bits per heavy atom. The fraction of sp³-hybridized carbons (Fsp3) is 0.350. The summed E-state index contributed by atoms with van der Waals surface area (Å²) >= 11 is 0. The van der Waals surface area contributed by atoms with Crippen LogP contribution in [-0.4, -0.2) is 32.2 Å². The number of hydrogen-bond donors (Lipinski definition) is 1. The number of nitrogens with zero attached hydrogens (tertiary/aromatic N) is 1. The number of rotatable bonds is 5. The maximum Gasteiger partial charge on any atom is 0.243 e. The molecule has 0 saturated heterocycles. The van der Waals surface area contributed by atoms with E-state index >= 15 is 0 Å². The molecule has 6 heteroatoms. The molecule has 0 heterocycles. The molecule has 0 unspecified atom stereocenters. The van der Waals surface area contributed by atoms with Crippen LogP contribution in [0.25, 0.3) is 0 Å². The maximum absolute atomic E-state index is 12.6. The summed E-state index contributed by atoms with van der Waals surface area (Å²) in [5.74, 6) is -0.287. The maximum atomic E-state index is 12.6. The molecule has 1 amide bonds. The Balaban J connectivity index is 1.67. The molecule has 0 aromatic heterocycles. The lowest BCUT2D eigenvalue weighted by molar-refractivity contribution is -0.122. The van der Waals surface area contributed by atoms with Crippen molar-refractivity contribution in [3.05, 3.63) is 65.2 Å². The first-order valence-corrected chi connectivity index (χ1v) is 10.2. The molecule has 0 fully saturated rings. The summed E-state index contributed by atoms with van der Waals surface area (Å²) in [5.41, 5.74) is 3.38. The Labute approximate surface area is 155 Å². The number of amides is 1. The number of aryl methyl sites for hydroxylation is 2. The number of carbonyl (C=O) groups is 1. The third-order valence-corrected chi connectivity index (χ3v) is 6.62. The fourth-order valence-corrected chi connectivity index (χ4v) is 4.45. The van der Waals surface area contributed by atoms with Crippen molar-refractivity contribution in [3.8, 4) is 0 Å². The van der Waals surface area contributed by atoms with Gasteiger partial charge in [0.2, 0.25) is 15.9 Å². The summed E-state index contributed by atoms with van der Waals surface area (Å²) in [5, 5.41) is 2.99. The molecule has 2 aromatic carbocycles. The molecule has 1 N–H and O–H groups in total. The molecule has 0 saturated carbocycles. The van der Waals surface area contributed by atoms with Gasteiger partial charge in [0.1, 0.15) is 0 Å². The highest BCUT2D eigenvalue weighted by atomic mass is 32.2. The molecule has 1 aliphatic carbocycles. The van der Waals surface area contributed by atoms with Crippen LogP contribution in [0, 0.1) is 6.92 Å². The number of nitrogens with one attached hydrogen (secondary N) is 1. The Hall–Kier alpha value is -2.18. The Bertz CT molecular complexity index is 892. The van der Waals surface area contributed by atoms with Gasteiger partial charge in [-0.2, -0.15) is 4.31 Å². The highest BCUT2D eigenvalue weighted by Gasteiger charge is 2.25. The smallest absolute Gasteiger partial charge is 0.243 e. The minimum Gasteiger partial charge on any atom is -0.348 e. The minimum atomic E-state index is -3.68. The van der Waals surface area contributed by atoms with Crippen molar-refractivity contribution in [2.24, 2.45) is 0 Å². The quantitative estimate of drug-likeness (QED) is 0.878. The van der Waals surface area contributed by atoms with E-state index < -0.39 is 10.0 Å². The average molecular weight is 372 g/mol. The molecule has 0 radical (unpaired) electrons. The van der Waals surface area contributed by atoms with Gasteiger partial charge >= 0.3 is 0 Å². The van der Waals surface area contributed by atoms with Crippen LogP contribution in [0.15, 0.2) is 53.4 Å². The van der Waals surface area contributed by atoms with Gasteiger partial charge in [0.25, 0.3) is 0 Å². The monoisotopic (exact) mass is 372 g/mol. The van der Waals surface area contributed by atoms with Gasteiger partial charge in [0, 0.05) is 7.05 Å². The van der Waals surface area contributed by atoms with Crippen molar-refractivity contribution in [3.63, 3.8) is 0 Å². The third-order valence-electron chi connectivity index (χ3n) is 4.80. The number of likely N-dealkylation sites (N-methyl/N-ethyl adjacent to an activating group) is 1. The van der Waals surface area contributed by atoms with E-state index in [2.05, 4.69) is 11.4 Å². The first kappa shape index (κ1) is 18.6. The Morgan fingerprint density at radius 2 is 1.85 bits per heavy atom. The summed E-state index contributed by atoms with van der Waals surface area (Å²) < 4.78 is 26.3. The van der Waals surface area contributed by atoms with Crippen molar-refractivity contribution in [1.29, 1.82) is 0 Å². The van der Waals surface area contributed by atoms with Gasteiger partial charge in [-0.3, -0.25) is 4.79 Å². The molecule has 138 valence electrons. The van der Waals surface area contributed by atoms with Crippen LogP contribution in [0.4, 0.5) is 0 Å². The highest BCUT2D eigenvalue weighted by molar-refractivity contribution is 7.89. The normalized spacial score (nSPS) is 17.0. The van der Waals surface area contributed by atoms with Gasteiger partial charge in [0.15, 0.2) is 0 Å². The van der Waals surface area contributed by atoms with E-state index in [1.165, 1.54) is 12.6 Å². The van der Waals surface area contributed by atoms with Crippen molar-refractivity contribution in [2.75, 3.05) is 13.6 Å². The van der Waals surface area contributed by atoms with Crippen LogP contribution in [0.1, 0.15) is 35.6 Å². The van der Waals surface area contributed by atoms with Gasteiger partial charge < -0.3 is 5.32 Å². The molecule has 3 rings (SSSR count). The van der Waals surface area contributed by atoms with Crippen molar-refractivity contribution in [1.82, 2.24) is 9.62 Å². The lowest BCUT2D eigenvalue weighted by Gasteiger charge is -2.27. The van der Waals surface area contributed by atoms with E-state index in [9.17, 15) is 13.2 Å². The number of benzene rings is 2. The summed E-state index contributed by atoms with van der Waals surface area (Å²) in [4.78, 5) is 12.6. The Kier molecular flexibility index (Phi) is 5.44. The van der Waals surface area contributed by atoms with Crippen molar-refractivity contribution in [2.45, 2.75) is 37.1 Å². The Morgan fingerprint density at radius 1 is 1.15 bits per heavy atom. The van der Waals surface area contributed by atoms with Gasteiger partial charge in [-0.05, 0) is 49.4 Å². The SMILES string of the molecule is Cc1ccc(S(=O)(=O)N(C)CC(=O)N[C@@H]2CCCc3ccccc32)cc1. The van der Waals surface area contributed by atoms with E-state index in [4.69, 9.17) is 0 Å². The molecular weight excluding hydrogens is 348 g/mol. The molecule has 26 heavy (non-hydrogen) atoms. The van der Waals surface area contributed by atoms with Crippen molar-refractivity contribution < 1.29 is 13.2 Å². The first-order chi connectivity index (χ1) is 12.4. The summed E-state index contributed by atoms with van der Waals surface area (Å²) in [6, 6.07) is 14.7. The fourth-order valence-electron chi connectivity index (χ4n) is 3.32.